The average molecular weight is 360 g/mol. The fourth-order valence-corrected chi connectivity index (χ4v) is 3.29. The molecular formula is C15H19Cl2N3OS. The number of benzene rings is 1. The normalized spacial score (nSPS) is 17.2. The number of carbonyl (C=O) groups is 1. The second-order valence-corrected chi connectivity index (χ2v) is 6.04. The molecule has 22 heavy (non-hydrogen) atoms. The van der Waals surface area contributed by atoms with E-state index in [0.29, 0.717) is 6.42 Å². The van der Waals surface area contributed by atoms with Crippen LogP contribution in [-0.2, 0) is 4.79 Å². The summed E-state index contributed by atoms with van der Waals surface area (Å²) in [5, 5.41) is 7.38. The van der Waals surface area contributed by atoms with E-state index in [0.717, 1.165) is 34.6 Å². The van der Waals surface area contributed by atoms with Gasteiger partial charge in [0.15, 0.2) is 0 Å². The number of nitrogens with zero attached hydrogens (tertiary/aromatic N) is 1. The number of halogens is 2. The van der Waals surface area contributed by atoms with Gasteiger partial charge < -0.3 is 10.6 Å². The number of anilines is 1. The van der Waals surface area contributed by atoms with Gasteiger partial charge >= 0.3 is 0 Å². The molecule has 7 heteroatoms. The van der Waals surface area contributed by atoms with Gasteiger partial charge in [-0.25, -0.2) is 0 Å². The van der Waals surface area contributed by atoms with Gasteiger partial charge in [-0.15, -0.1) is 24.8 Å². The van der Waals surface area contributed by atoms with Crippen molar-refractivity contribution in [3.8, 4) is 0 Å². The fourth-order valence-electron chi connectivity index (χ4n) is 2.34. The van der Waals surface area contributed by atoms with Crippen LogP contribution in [0.3, 0.4) is 0 Å². The minimum absolute atomic E-state index is 0. The van der Waals surface area contributed by atoms with Crippen molar-refractivity contribution >= 4 is 59.1 Å². The van der Waals surface area contributed by atoms with Crippen LogP contribution >= 0.6 is 36.6 Å². The van der Waals surface area contributed by atoms with E-state index in [1.807, 2.05) is 42.1 Å². The molecule has 0 aliphatic carbocycles. The van der Waals surface area contributed by atoms with E-state index in [9.17, 15) is 4.79 Å². The molecule has 1 unspecified atom stereocenters. The fraction of sp³-hybridized carbons (Fsp3) is 0.333. The Bertz CT molecular complexity index is 621. The summed E-state index contributed by atoms with van der Waals surface area (Å²) in [7, 11) is 0. The number of amides is 1. The van der Waals surface area contributed by atoms with Crippen LogP contribution in [0.25, 0.3) is 10.9 Å². The molecule has 0 radical (unpaired) electrons. The third kappa shape index (κ3) is 5.02. The lowest BCUT2D eigenvalue weighted by Gasteiger charge is -2.22. The minimum Gasteiger partial charge on any atom is -0.326 e. The van der Waals surface area contributed by atoms with Gasteiger partial charge in [0, 0.05) is 47.8 Å². The third-order valence-electron chi connectivity index (χ3n) is 3.32. The Morgan fingerprint density at radius 1 is 1.36 bits per heavy atom. The van der Waals surface area contributed by atoms with E-state index in [-0.39, 0.29) is 36.8 Å². The zero-order valence-corrected chi connectivity index (χ0v) is 14.4. The molecule has 0 saturated carbocycles. The minimum atomic E-state index is 0. The number of aromatic nitrogens is 1. The first-order chi connectivity index (χ1) is 9.81. The maximum Gasteiger partial charge on any atom is 0.225 e. The van der Waals surface area contributed by atoms with Gasteiger partial charge in [0.25, 0.3) is 0 Å². The summed E-state index contributed by atoms with van der Waals surface area (Å²) in [6, 6.07) is 9.98. The molecule has 120 valence electrons. The Balaban J connectivity index is 0.00000121. The summed E-state index contributed by atoms with van der Waals surface area (Å²) in [5.74, 6) is 2.21. The SMILES string of the molecule is Cl.Cl.O=C(CC1CSCCN1)Nc1ccc2ncccc2c1. The van der Waals surface area contributed by atoms with Crippen LogP contribution in [0.1, 0.15) is 6.42 Å². The third-order valence-corrected chi connectivity index (χ3v) is 4.45. The van der Waals surface area contributed by atoms with Crippen LogP contribution in [0.5, 0.6) is 0 Å². The van der Waals surface area contributed by atoms with Crippen molar-refractivity contribution in [3.05, 3.63) is 36.5 Å². The van der Waals surface area contributed by atoms with E-state index in [2.05, 4.69) is 15.6 Å². The first kappa shape index (κ1) is 19.0. The second-order valence-electron chi connectivity index (χ2n) is 4.89. The average Bonchev–Trinajstić information content (AvgIpc) is 2.48. The molecule has 1 amide bonds. The van der Waals surface area contributed by atoms with Gasteiger partial charge in [-0.3, -0.25) is 9.78 Å². The van der Waals surface area contributed by atoms with Gasteiger partial charge in [-0.2, -0.15) is 11.8 Å². The summed E-state index contributed by atoms with van der Waals surface area (Å²) < 4.78 is 0. The van der Waals surface area contributed by atoms with Gasteiger partial charge in [0.05, 0.1) is 5.52 Å². The second kappa shape index (κ2) is 9.20. The molecule has 1 aromatic heterocycles. The molecule has 1 fully saturated rings. The molecule has 2 aromatic rings. The van der Waals surface area contributed by atoms with Crippen molar-refractivity contribution in [2.45, 2.75) is 12.5 Å². The van der Waals surface area contributed by atoms with Gasteiger partial charge in [-0.05, 0) is 24.3 Å². The summed E-state index contributed by atoms with van der Waals surface area (Å²) in [6.45, 7) is 0.990. The number of rotatable bonds is 3. The van der Waals surface area contributed by atoms with E-state index >= 15 is 0 Å². The van der Waals surface area contributed by atoms with E-state index in [1.54, 1.807) is 6.20 Å². The maximum atomic E-state index is 12.0. The zero-order valence-electron chi connectivity index (χ0n) is 12.0. The van der Waals surface area contributed by atoms with Crippen molar-refractivity contribution in [3.63, 3.8) is 0 Å². The van der Waals surface area contributed by atoms with E-state index < -0.39 is 0 Å². The van der Waals surface area contributed by atoms with Crippen LogP contribution in [0.15, 0.2) is 36.5 Å². The Kier molecular flexibility index (Phi) is 7.96. The predicted molar refractivity (Wildman–Crippen MR) is 98.6 cm³/mol. The Labute approximate surface area is 146 Å². The Morgan fingerprint density at radius 2 is 2.23 bits per heavy atom. The predicted octanol–water partition coefficient (Wildman–Crippen LogP) is 3.11. The first-order valence-corrected chi connectivity index (χ1v) is 7.92. The lowest BCUT2D eigenvalue weighted by Crippen LogP contribution is -2.39. The van der Waals surface area contributed by atoms with Crippen LogP contribution in [0, 0.1) is 0 Å². The number of fused-ring (bicyclic) bond motifs is 1. The van der Waals surface area contributed by atoms with Gasteiger partial charge in [-0.1, -0.05) is 6.07 Å². The summed E-state index contributed by atoms with van der Waals surface area (Å²) in [5.41, 5.74) is 1.77. The molecule has 1 aromatic carbocycles. The topological polar surface area (TPSA) is 54.0 Å². The van der Waals surface area contributed by atoms with Crippen LogP contribution < -0.4 is 10.6 Å². The molecule has 1 atom stereocenters. The Hall–Kier alpha value is -1.01. The van der Waals surface area contributed by atoms with Crippen LogP contribution in [-0.4, -0.2) is 35.0 Å². The van der Waals surface area contributed by atoms with Crippen molar-refractivity contribution < 1.29 is 4.79 Å². The highest BCUT2D eigenvalue weighted by atomic mass is 35.5. The largest absolute Gasteiger partial charge is 0.326 e. The van der Waals surface area contributed by atoms with Crippen molar-refractivity contribution in [2.75, 3.05) is 23.4 Å². The molecule has 0 spiro atoms. The van der Waals surface area contributed by atoms with E-state index in [4.69, 9.17) is 0 Å². The van der Waals surface area contributed by atoms with Gasteiger partial charge in [0.1, 0.15) is 0 Å². The summed E-state index contributed by atoms with van der Waals surface area (Å²) in [4.78, 5) is 16.3. The summed E-state index contributed by atoms with van der Waals surface area (Å²) >= 11 is 1.90. The number of nitrogens with one attached hydrogen (secondary N) is 2. The highest BCUT2D eigenvalue weighted by Gasteiger charge is 2.16. The molecule has 2 N–H and O–H groups in total. The van der Waals surface area contributed by atoms with Crippen LogP contribution in [0.4, 0.5) is 5.69 Å². The molecule has 4 nitrogen and oxygen atoms in total. The van der Waals surface area contributed by atoms with E-state index in [1.165, 1.54) is 0 Å². The molecule has 1 aliphatic rings. The lowest BCUT2D eigenvalue weighted by atomic mass is 10.2. The monoisotopic (exact) mass is 359 g/mol. The molecule has 3 rings (SSSR count). The zero-order chi connectivity index (χ0) is 13.8. The summed E-state index contributed by atoms with van der Waals surface area (Å²) in [6.07, 6.45) is 2.30. The number of carbonyl (C=O) groups excluding carboxylic acids is 1. The molecule has 2 heterocycles. The number of hydrogen-bond donors (Lipinski definition) is 2. The smallest absolute Gasteiger partial charge is 0.225 e. The lowest BCUT2D eigenvalue weighted by molar-refractivity contribution is -0.116. The Morgan fingerprint density at radius 3 is 3.00 bits per heavy atom. The highest BCUT2D eigenvalue weighted by molar-refractivity contribution is 7.99. The van der Waals surface area contributed by atoms with Crippen molar-refractivity contribution in [1.82, 2.24) is 10.3 Å². The molecule has 0 bridgehead atoms. The van der Waals surface area contributed by atoms with Gasteiger partial charge in [0.2, 0.25) is 5.91 Å². The number of hydrogen-bond acceptors (Lipinski definition) is 4. The molecule has 1 saturated heterocycles. The van der Waals surface area contributed by atoms with Crippen LogP contribution in [0.2, 0.25) is 0 Å². The quantitative estimate of drug-likeness (QED) is 0.883. The highest BCUT2D eigenvalue weighted by Crippen LogP contribution is 2.18. The molecular weight excluding hydrogens is 341 g/mol. The van der Waals surface area contributed by atoms with Crippen molar-refractivity contribution in [2.24, 2.45) is 0 Å². The number of pyridine rings is 1. The van der Waals surface area contributed by atoms with Crippen molar-refractivity contribution in [1.29, 1.82) is 0 Å². The number of thioether (sulfide) groups is 1. The maximum absolute atomic E-state index is 12.0. The first-order valence-electron chi connectivity index (χ1n) is 6.77. The standard InChI is InChI=1S/C15H17N3OS.2ClH/c19-15(9-13-10-20-7-6-16-13)18-12-3-4-14-11(8-12)2-1-5-17-14;;/h1-5,8,13,16H,6-7,9-10H2,(H,18,19);2*1H. The molecule has 1 aliphatic heterocycles.